The Bertz CT molecular complexity index is 335. The summed E-state index contributed by atoms with van der Waals surface area (Å²) in [4.78, 5) is 16.8. The molecule has 2 heterocycles. The van der Waals surface area contributed by atoms with Crippen molar-refractivity contribution < 1.29 is 9.53 Å². The first-order valence-corrected chi connectivity index (χ1v) is 8.38. The lowest BCUT2D eigenvalue weighted by molar-refractivity contribution is 0.0517. The van der Waals surface area contributed by atoms with Crippen LogP contribution in [0.1, 0.15) is 33.1 Å². The van der Waals surface area contributed by atoms with Crippen LogP contribution in [0.5, 0.6) is 0 Å². The van der Waals surface area contributed by atoms with Gasteiger partial charge in [0.2, 0.25) is 0 Å². The zero-order valence-electron chi connectivity index (χ0n) is 13.8. The van der Waals surface area contributed by atoms with Gasteiger partial charge in [0.15, 0.2) is 0 Å². The third-order valence-electron chi connectivity index (χ3n) is 4.51. The molecule has 0 spiro atoms. The van der Waals surface area contributed by atoms with E-state index in [9.17, 15) is 4.79 Å². The number of carbonyl (C=O) groups excluding carboxylic acids is 1. The summed E-state index contributed by atoms with van der Waals surface area (Å²) in [6.45, 7) is 9.38. The third-order valence-corrected chi connectivity index (χ3v) is 4.51. The van der Waals surface area contributed by atoms with Crippen LogP contribution in [0.15, 0.2) is 0 Å². The summed E-state index contributed by atoms with van der Waals surface area (Å²) in [5.74, 6) is 1.20. The first-order valence-electron chi connectivity index (χ1n) is 8.38. The van der Waals surface area contributed by atoms with E-state index in [-0.39, 0.29) is 6.03 Å². The van der Waals surface area contributed by atoms with Crippen LogP contribution in [0.25, 0.3) is 0 Å². The molecule has 2 amide bonds. The molecule has 0 aliphatic carbocycles. The van der Waals surface area contributed by atoms with Crippen molar-refractivity contribution in [3.05, 3.63) is 0 Å². The number of amides is 2. The SMILES string of the molecule is CC(C)COCCNC(=O)N1CCC[C@H]2CN(C)CC[C@H]21. The molecule has 2 aliphatic heterocycles. The quantitative estimate of drug-likeness (QED) is 0.787. The molecular formula is C16H31N3O2. The molecule has 0 aromatic heterocycles. The van der Waals surface area contributed by atoms with Crippen molar-refractivity contribution in [2.45, 2.75) is 39.2 Å². The van der Waals surface area contributed by atoms with E-state index in [4.69, 9.17) is 4.74 Å². The van der Waals surface area contributed by atoms with Gasteiger partial charge in [0.1, 0.15) is 0 Å². The van der Waals surface area contributed by atoms with Crippen LogP contribution in [0, 0.1) is 11.8 Å². The normalized spacial score (nSPS) is 26.8. The summed E-state index contributed by atoms with van der Waals surface area (Å²) >= 11 is 0. The minimum absolute atomic E-state index is 0.0994. The van der Waals surface area contributed by atoms with Crippen LogP contribution >= 0.6 is 0 Å². The number of hydrogen-bond donors (Lipinski definition) is 1. The molecule has 0 aromatic carbocycles. The average molecular weight is 297 g/mol. The maximum atomic E-state index is 12.4. The fourth-order valence-corrected chi connectivity index (χ4v) is 3.49. The van der Waals surface area contributed by atoms with Gasteiger partial charge < -0.3 is 19.9 Å². The minimum atomic E-state index is 0.0994. The van der Waals surface area contributed by atoms with E-state index in [0.29, 0.717) is 31.0 Å². The van der Waals surface area contributed by atoms with E-state index >= 15 is 0 Å². The fourth-order valence-electron chi connectivity index (χ4n) is 3.49. The topological polar surface area (TPSA) is 44.8 Å². The molecule has 21 heavy (non-hydrogen) atoms. The van der Waals surface area contributed by atoms with Crippen LogP contribution in [-0.2, 0) is 4.74 Å². The molecule has 2 rings (SSSR count). The lowest BCUT2D eigenvalue weighted by atomic mass is 9.84. The second kappa shape index (κ2) is 7.99. The highest BCUT2D eigenvalue weighted by Crippen LogP contribution is 2.29. The number of hydrogen-bond acceptors (Lipinski definition) is 3. The summed E-state index contributed by atoms with van der Waals surface area (Å²) in [5, 5.41) is 3.02. The summed E-state index contributed by atoms with van der Waals surface area (Å²) in [6.07, 6.45) is 3.50. The third kappa shape index (κ3) is 4.85. The standard InChI is InChI=1S/C16H31N3O2/c1-13(2)12-21-10-7-17-16(20)19-8-4-5-14-11-18(3)9-6-15(14)19/h13-15H,4-12H2,1-3H3,(H,17,20)/t14-,15+/m0/s1. The van der Waals surface area contributed by atoms with Crippen LogP contribution in [0.3, 0.4) is 0 Å². The molecule has 5 heteroatoms. The van der Waals surface area contributed by atoms with Gasteiger partial charge in [-0.1, -0.05) is 13.8 Å². The predicted molar refractivity (Wildman–Crippen MR) is 84.4 cm³/mol. The zero-order valence-corrected chi connectivity index (χ0v) is 13.8. The molecule has 0 saturated carbocycles. The largest absolute Gasteiger partial charge is 0.379 e. The number of rotatable bonds is 5. The monoisotopic (exact) mass is 297 g/mol. The van der Waals surface area contributed by atoms with Gasteiger partial charge in [-0.2, -0.15) is 0 Å². The van der Waals surface area contributed by atoms with Crippen molar-refractivity contribution >= 4 is 6.03 Å². The lowest BCUT2D eigenvalue weighted by Crippen LogP contribution is -2.57. The van der Waals surface area contributed by atoms with Crippen molar-refractivity contribution in [3.8, 4) is 0 Å². The van der Waals surface area contributed by atoms with E-state index in [1.165, 1.54) is 6.42 Å². The van der Waals surface area contributed by atoms with E-state index in [1.807, 2.05) is 0 Å². The zero-order chi connectivity index (χ0) is 15.2. The summed E-state index contributed by atoms with van der Waals surface area (Å²) < 4.78 is 5.51. The number of urea groups is 1. The number of nitrogens with zero attached hydrogens (tertiary/aromatic N) is 2. The maximum absolute atomic E-state index is 12.4. The van der Waals surface area contributed by atoms with E-state index < -0.39 is 0 Å². The Morgan fingerprint density at radius 1 is 1.33 bits per heavy atom. The maximum Gasteiger partial charge on any atom is 0.317 e. The second-order valence-corrected chi connectivity index (χ2v) is 6.91. The highest BCUT2D eigenvalue weighted by Gasteiger charge is 2.37. The number of ether oxygens (including phenoxy) is 1. The van der Waals surface area contributed by atoms with Gasteiger partial charge >= 0.3 is 6.03 Å². The van der Waals surface area contributed by atoms with Crippen LogP contribution in [-0.4, -0.2) is 68.3 Å². The first kappa shape index (κ1) is 16.6. The van der Waals surface area contributed by atoms with Crippen molar-refractivity contribution in [1.29, 1.82) is 0 Å². The number of fused-ring (bicyclic) bond motifs is 1. The predicted octanol–water partition coefficient (Wildman–Crippen LogP) is 1.78. The molecule has 5 nitrogen and oxygen atoms in total. The molecule has 0 bridgehead atoms. The molecular weight excluding hydrogens is 266 g/mol. The van der Waals surface area contributed by atoms with Crippen molar-refractivity contribution in [2.24, 2.45) is 11.8 Å². The molecule has 2 saturated heterocycles. The van der Waals surface area contributed by atoms with Gasteiger partial charge in [-0.05, 0) is 44.7 Å². The minimum Gasteiger partial charge on any atom is -0.379 e. The van der Waals surface area contributed by atoms with E-state index in [1.54, 1.807) is 0 Å². The fraction of sp³-hybridized carbons (Fsp3) is 0.938. The Morgan fingerprint density at radius 3 is 2.90 bits per heavy atom. The average Bonchev–Trinajstić information content (AvgIpc) is 2.45. The van der Waals surface area contributed by atoms with Gasteiger partial charge in [-0.25, -0.2) is 4.79 Å². The molecule has 0 radical (unpaired) electrons. The van der Waals surface area contributed by atoms with Crippen LogP contribution in [0.2, 0.25) is 0 Å². The number of nitrogens with one attached hydrogen (secondary N) is 1. The molecule has 122 valence electrons. The van der Waals surface area contributed by atoms with Gasteiger partial charge in [-0.15, -0.1) is 0 Å². The summed E-state index contributed by atoms with van der Waals surface area (Å²) in [5.41, 5.74) is 0. The van der Waals surface area contributed by atoms with Gasteiger partial charge in [-0.3, -0.25) is 0 Å². The van der Waals surface area contributed by atoms with Gasteiger partial charge in [0.25, 0.3) is 0 Å². The number of piperidine rings is 2. The molecule has 2 atom stereocenters. The highest BCUT2D eigenvalue weighted by molar-refractivity contribution is 5.74. The molecule has 0 unspecified atom stereocenters. The van der Waals surface area contributed by atoms with Crippen LogP contribution < -0.4 is 5.32 Å². The second-order valence-electron chi connectivity index (χ2n) is 6.91. The first-order chi connectivity index (χ1) is 10.1. The molecule has 2 aliphatic rings. The lowest BCUT2D eigenvalue weighted by Gasteiger charge is -2.46. The molecule has 0 aromatic rings. The van der Waals surface area contributed by atoms with Crippen molar-refractivity contribution in [1.82, 2.24) is 15.1 Å². The van der Waals surface area contributed by atoms with Crippen LogP contribution in [0.4, 0.5) is 4.79 Å². The highest BCUT2D eigenvalue weighted by atomic mass is 16.5. The summed E-state index contributed by atoms with van der Waals surface area (Å²) in [6, 6.07) is 0.536. The van der Waals surface area contributed by atoms with E-state index in [0.717, 1.165) is 39.1 Å². The Morgan fingerprint density at radius 2 is 2.14 bits per heavy atom. The molecule has 2 fully saturated rings. The Kier molecular flexibility index (Phi) is 6.30. The van der Waals surface area contributed by atoms with E-state index in [2.05, 4.69) is 36.0 Å². The van der Waals surface area contributed by atoms with Crippen molar-refractivity contribution in [2.75, 3.05) is 46.4 Å². The summed E-state index contributed by atoms with van der Waals surface area (Å²) in [7, 11) is 2.18. The number of carbonyl (C=O) groups is 1. The Labute approximate surface area is 129 Å². The smallest absolute Gasteiger partial charge is 0.317 e. The van der Waals surface area contributed by atoms with Gasteiger partial charge in [0.05, 0.1) is 6.61 Å². The molecule has 1 N–H and O–H groups in total. The Balaban J connectivity index is 1.73. The number of likely N-dealkylation sites (tertiary alicyclic amines) is 2. The Hall–Kier alpha value is -0.810. The van der Waals surface area contributed by atoms with Gasteiger partial charge in [0, 0.05) is 32.3 Å². The van der Waals surface area contributed by atoms with Crippen molar-refractivity contribution in [3.63, 3.8) is 0 Å².